The van der Waals surface area contributed by atoms with Crippen LogP contribution in [0.3, 0.4) is 0 Å². The van der Waals surface area contributed by atoms with Gasteiger partial charge in [-0.1, -0.05) is 32.5 Å². The number of carbonyl (C=O) groups excluding carboxylic acids is 1. The molecule has 0 unspecified atom stereocenters. The Hall–Kier alpha value is -1.91. The number of nitrogens with zero attached hydrogens (tertiary/aromatic N) is 3. The van der Waals surface area contributed by atoms with Crippen LogP contribution < -0.4 is 5.32 Å². The third kappa shape index (κ3) is 4.69. The van der Waals surface area contributed by atoms with Crippen molar-refractivity contribution in [3.05, 3.63) is 34.0 Å². The zero-order chi connectivity index (χ0) is 19.6. The largest absolute Gasteiger partial charge is 0.316 e. The first-order valence-electron chi connectivity index (χ1n) is 9.05. The number of aromatic nitrogens is 2. The Morgan fingerprint density at radius 2 is 2.26 bits per heavy atom. The molecule has 0 saturated carbocycles. The van der Waals surface area contributed by atoms with Crippen LogP contribution in [0.1, 0.15) is 48.9 Å². The molecule has 2 aromatic heterocycles. The molecule has 5 nitrogen and oxygen atoms in total. The average molecular weight is 401 g/mol. The van der Waals surface area contributed by atoms with Crippen LogP contribution in [0.5, 0.6) is 0 Å². The molecule has 142 valence electrons. The van der Waals surface area contributed by atoms with Crippen molar-refractivity contribution in [1.29, 1.82) is 5.26 Å². The van der Waals surface area contributed by atoms with Crippen LogP contribution in [-0.2, 0) is 17.6 Å². The van der Waals surface area contributed by atoms with Crippen LogP contribution in [0, 0.1) is 29.6 Å². The predicted octanol–water partition coefficient (Wildman–Crippen LogP) is 4.60. The Morgan fingerprint density at radius 1 is 1.48 bits per heavy atom. The summed E-state index contributed by atoms with van der Waals surface area (Å²) in [6.45, 7) is 8.71. The van der Waals surface area contributed by atoms with E-state index in [4.69, 9.17) is 0 Å². The zero-order valence-electron chi connectivity index (χ0n) is 16.1. The van der Waals surface area contributed by atoms with Crippen molar-refractivity contribution in [2.24, 2.45) is 11.3 Å². The van der Waals surface area contributed by atoms with Gasteiger partial charge in [0.25, 0.3) is 0 Å². The molecule has 1 amide bonds. The minimum absolute atomic E-state index is 0.132. The van der Waals surface area contributed by atoms with Crippen molar-refractivity contribution in [2.75, 3.05) is 11.1 Å². The van der Waals surface area contributed by atoms with Gasteiger partial charge in [-0.2, -0.15) is 5.26 Å². The third-order valence-corrected chi connectivity index (χ3v) is 6.99. The van der Waals surface area contributed by atoms with Crippen molar-refractivity contribution >= 4 is 34.0 Å². The summed E-state index contributed by atoms with van der Waals surface area (Å²) in [5.41, 5.74) is 2.90. The lowest BCUT2D eigenvalue weighted by molar-refractivity contribution is -0.113. The Bertz CT molecular complexity index is 892. The number of amides is 1. The van der Waals surface area contributed by atoms with Gasteiger partial charge in [-0.3, -0.25) is 4.79 Å². The summed E-state index contributed by atoms with van der Waals surface area (Å²) in [6.07, 6.45) is 4.68. The van der Waals surface area contributed by atoms with E-state index in [1.54, 1.807) is 17.5 Å². The molecule has 0 aliphatic heterocycles. The summed E-state index contributed by atoms with van der Waals surface area (Å²) in [5.74, 6) is 0.696. The summed E-state index contributed by atoms with van der Waals surface area (Å²) in [5, 5.41) is 13.8. The molecular formula is C20H24N4OS2. The van der Waals surface area contributed by atoms with Gasteiger partial charge in [0.05, 0.1) is 11.3 Å². The molecular weight excluding hydrogens is 376 g/mol. The maximum absolute atomic E-state index is 12.4. The Labute approximate surface area is 168 Å². The number of thiophene rings is 1. The van der Waals surface area contributed by atoms with Crippen LogP contribution in [0.15, 0.2) is 17.4 Å². The molecule has 1 atom stereocenters. The number of hydrogen-bond acceptors (Lipinski definition) is 6. The molecule has 1 N–H and O–H groups in total. The summed E-state index contributed by atoms with van der Waals surface area (Å²) in [6, 6.07) is 4.13. The molecule has 1 aliphatic carbocycles. The van der Waals surface area contributed by atoms with Gasteiger partial charge >= 0.3 is 0 Å². The molecule has 2 heterocycles. The van der Waals surface area contributed by atoms with E-state index in [2.05, 4.69) is 42.1 Å². The van der Waals surface area contributed by atoms with E-state index in [0.29, 0.717) is 21.6 Å². The van der Waals surface area contributed by atoms with Gasteiger partial charge in [0.2, 0.25) is 5.91 Å². The summed E-state index contributed by atoms with van der Waals surface area (Å²) >= 11 is 2.87. The highest BCUT2D eigenvalue weighted by atomic mass is 32.2. The predicted molar refractivity (Wildman–Crippen MR) is 110 cm³/mol. The van der Waals surface area contributed by atoms with Gasteiger partial charge in [0, 0.05) is 16.8 Å². The van der Waals surface area contributed by atoms with Gasteiger partial charge in [-0.25, -0.2) is 9.97 Å². The van der Waals surface area contributed by atoms with Crippen LogP contribution in [0.25, 0.3) is 0 Å². The monoisotopic (exact) mass is 400 g/mol. The molecule has 1 aliphatic rings. The van der Waals surface area contributed by atoms with Crippen LogP contribution in [0.4, 0.5) is 5.00 Å². The van der Waals surface area contributed by atoms with Gasteiger partial charge in [-0.15, -0.1) is 11.3 Å². The first-order chi connectivity index (χ1) is 12.8. The lowest BCUT2D eigenvalue weighted by Gasteiger charge is -2.33. The van der Waals surface area contributed by atoms with E-state index in [1.807, 2.05) is 13.0 Å². The smallest absolute Gasteiger partial charge is 0.235 e. The summed E-state index contributed by atoms with van der Waals surface area (Å²) < 4.78 is 0. The number of nitriles is 1. The minimum Gasteiger partial charge on any atom is -0.316 e. The van der Waals surface area contributed by atoms with E-state index in [-0.39, 0.29) is 17.1 Å². The summed E-state index contributed by atoms with van der Waals surface area (Å²) in [4.78, 5) is 22.1. The average Bonchev–Trinajstić information content (AvgIpc) is 2.95. The highest BCUT2D eigenvalue weighted by Gasteiger charge is 2.32. The molecule has 0 spiro atoms. The van der Waals surface area contributed by atoms with E-state index >= 15 is 0 Å². The maximum atomic E-state index is 12.4. The van der Waals surface area contributed by atoms with Crippen LogP contribution in [-0.4, -0.2) is 21.6 Å². The molecule has 7 heteroatoms. The fourth-order valence-corrected chi connectivity index (χ4v) is 5.29. The molecule has 0 bridgehead atoms. The fraction of sp³-hybridized carbons (Fsp3) is 0.500. The maximum Gasteiger partial charge on any atom is 0.235 e. The normalized spacial score (nSPS) is 16.5. The molecule has 3 rings (SSSR count). The van der Waals surface area contributed by atoms with Crippen molar-refractivity contribution in [1.82, 2.24) is 9.97 Å². The molecule has 2 aromatic rings. The Kier molecular flexibility index (Phi) is 5.87. The highest BCUT2D eigenvalue weighted by Crippen LogP contribution is 2.44. The molecule has 27 heavy (non-hydrogen) atoms. The van der Waals surface area contributed by atoms with Gasteiger partial charge in [0.15, 0.2) is 5.16 Å². The fourth-order valence-electron chi connectivity index (χ4n) is 3.32. The molecule has 0 aromatic carbocycles. The number of aryl methyl sites for hydroxylation is 1. The standard InChI is InChI=1S/C20H24N4OS2/c1-12-7-8-22-19(23-12)26-11-17(25)24-18-15(10-21)14-6-5-13(20(2,3)4)9-16(14)27-18/h7-8,13H,5-6,9,11H2,1-4H3,(H,24,25)/t13-/m1/s1. The van der Waals surface area contributed by atoms with E-state index < -0.39 is 0 Å². The molecule has 0 fully saturated rings. The number of nitrogens with one attached hydrogen (secondary N) is 1. The lowest BCUT2D eigenvalue weighted by atomic mass is 9.72. The highest BCUT2D eigenvalue weighted by molar-refractivity contribution is 7.99. The first-order valence-corrected chi connectivity index (χ1v) is 10.8. The number of anilines is 1. The number of hydrogen-bond donors (Lipinski definition) is 1. The number of rotatable bonds is 4. The number of fused-ring (bicyclic) bond motifs is 1. The van der Waals surface area contributed by atoms with Crippen molar-refractivity contribution in [3.8, 4) is 6.07 Å². The second-order valence-electron chi connectivity index (χ2n) is 7.94. The molecule has 0 saturated heterocycles. The Morgan fingerprint density at radius 3 is 2.93 bits per heavy atom. The number of carbonyl (C=O) groups is 1. The third-order valence-electron chi connectivity index (χ3n) is 4.96. The SMILES string of the molecule is Cc1ccnc(SCC(=O)Nc2sc3c(c2C#N)CC[C@@H](C(C)(C)C)C3)n1. The van der Waals surface area contributed by atoms with E-state index in [9.17, 15) is 10.1 Å². The van der Waals surface area contributed by atoms with Crippen molar-refractivity contribution < 1.29 is 4.79 Å². The zero-order valence-corrected chi connectivity index (χ0v) is 17.8. The van der Waals surface area contributed by atoms with E-state index in [0.717, 1.165) is 30.5 Å². The minimum atomic E-state index is -0.132. The van der Waals surface area contributed by atoms with E-state index in [1.165, 1.54) is 16.6 Å². The first kappa shape index (κ1) is 19.8. The quantitative estimate of drug-likeness (QED) is 0.599. The van der Waals surface area contributed by atoms with Gasteiger partial charge < -0.3 is 5.32 Å². The second-order valence-corrected chi connectivity index (χ2v) is 9.99. The van der Waals surface area contributed by atoms with Gasteiger partial charge in [0.1, 0.15) is 11.1 Å². The number of thioether (sulfide) groups is 1. The lowest BCUT2D eigenvalue weighted by Crippen LogP contribution is -2.26. The molecule has 0 radical (unpaired) electrons. The second kappa shape index (κ2) is 7.99. The van der Waals surface area contributed by atoms with Crippen molar-refractivity contribution in [2.45, 2.75) is 52.1 Å². The van der Waals surface area contributed by atoms with Crippen LogP contribution >= 0.6 is 23.1 Å². The topological polar surface area (TPSA) is 78.7 Å². The van der Waals surface area contributed by atoms with Crippen molar-refractivity contribution in [3.63, 3.8) is 0 Å². The Balaban J connectivity index is 1.69. The van der Waals surface area contributed by atoms with Crippen LogP contribution in [0.2, 0.25) is 0 Å². The summed E-state index contributed by atoms with van der Waals surface area (Å²) in [7, 11) is 0. The van der Waals surface area contributed by atoms with Gasteiger partial charge in [-0.05, 0) is 49.1 Å².